The zero-order valence-electron chi connectivity index (χ0n) is 14.1. The van der Waals surface area contributed by atoms with Crippen LogP contribution in [0.3, 0.4) is 0 Å². The number of nitrogens with zero attached hydrogens (tertiary/aromatic N) is 3. The SMILES string of the molecule is O=C(c1cnc2n(c1=O)CCS2)N1CCC(Cc2ccccc2)CC1. The zero-order valence-corrected chi connectivity index (χ0v) is 14.9. The summed E-state index contributed by atoms with van der Waals surface area (Å²) in [7, 11) is 0. The Labute approximate surface area is 151 Å². The lowest BCUT2D eigenvalue weighted by molar-refractivity contribution is 0.0687. The van der Waals surface area contributed by atoms with Gasteiger partial charge < -0.3 is 4.90 Å². The number of carbonyl (C=O) groups excluding carboxylic acids is 1. The molecule has 0 unspecified atom stereocenters. The van der Waals surface area contributed by atoms with Crippen LogP contribution in [0.15, 0.2) is 46.5 Å². The Morgan fingerprint density at radius 1 is 1.16 bits per heavy atom. The average Bonchev–Trinajstić information content (AvgIpc) is 3.13. The maximum absolute atomic E-state index is 12.8. The average molecular weight is 355 g/mol. The number of rotatable bonds is 3. The first-order chi connectivity index (χ1) is 12.2. The molecule has 0 saturated carbocycles. The lowest BCUT2D eigenvalue weighted by Gasteiger charge is -2.32. The van der Waals surface area contributed by atoms with E-state index in [9.17, 15) is 9.59 Å². The van der Waals surface area contributed by atoms with Crippen molar-refractivity contribution < 1.29 is 4.79 Å². The van der Waals surface area contributed by atoms with Gasteiger partial charge in [0.25, 0.3) is 11.5 Å². The van der Waals surface area contributed by atoms with Crippen LogP contribution in [0.4, 0.5) is 0 Å². The van der Waals surface area contributed by atoms with Crippen LogP contribution in [0.1, 0.15) is 28.8 Å². The molecule has 0 N–H and O–H groups in total. The number of hydrogen-bond acceptors (Lipinski definition) is 4. The first-order valence-electron chi connectivity index (χ1n) is 8.78. The Morgan fingerprint density at radius 3 is 2.68 bits per heavy atom. The molecule has 0 radical (unpaired) electrons. The van der Waals surface area contributed by atoms with Gasteiger partial charge in [-0.2, -0.15) is 0 Å². The summed E-state index contributed by atoms with van der Waals surface area (Å²) < 4.78 is 1.63. The second kappa shape index (κ2) is 7.04. The molecule has 5 nitrogen and oxygen atoms in total. The summed E-state index contributed by atoms with van der Waals surface area (Å²) in [6.45, 7) is 2.07. The molecule has 1 aromatic carbocycles. The van der Waals surface area contributed by atoms with E-state index in [1.807, 2.05) is 11.0 Å². The van der Waals surface area contributed by atoms with E-state index in [2.05, 4.69) is 29.2 Å². The molecule has 2 aliphatic heterocycles. The lowest BCUT2D eigenvalue weighted by atomic mass is 9.90. The Balaban J connectivity index is 1.41. The number of carbonyl (C=O) groups is 1. The molecule has 2 aromatic rings. The Kier molecular flexibility index (Phi) is 4.61. The third-order valence-electron chi connectivity index (χ3n) is 5.06. The van der Waals surface area contributed by atoms with Gasteiger partial charge in [0.05, 0.1) is 0 Å². The summed E-state index contributed by atoms with van der Waals surface area (Å²) in [4.78, 5) is 31.4. The summed E-state index contributed by atoms with van der Waals surface area (Å²) in [6, 6.07) is 10.5. The maximum atomic E-state index is 12.8. The van der Waals surface area contributed by atoms with Crippen LogP contribution in [0.2, 0.25) is 0 Å². The standard InChI is InChI=1S/C19H21N3O2S/c23-17(16-13-20-19-22(18(16)24)10-11-25-19)21-8-6-15(7-9-21)12-14-4-2-1-3-5-14/h1-5,13,15H,6-12H2. The minimum atomic E-state index is -0.189. The summed E-state index contributed by atoms with van der Waals surface area (Å²) >= 11 is 1.57. The van der Waals surface area contributed by atoms with Crippen LogP contribution in [0.5, 0.6) is 0 Å². The molecular weight excluding hydrogens is 334 g/mol. The van der Waals surface area contributed by atoms with Crippen molar-refractivity contribution in [2.45, 2.75) is 31.0 Å². The molecule has 1 saturated heterocycles. The van der Waals surface area contributed by atoms with Crippen LogP contribution < -0.4 is 5.56 Å². The summed E-state index contributed by atoms with van der Waals surface area (Å²) in [5.41, 5.74) is 1.38. The van der Waals surface area contributed by atoms with Crippen LogP contribution in [0, 0.1) is 5.92 Å². The number of piperidine rings is 1. The van der Waals surface area contributed by atoms with Crippen LogP contribution in [-0.4, -0.2) is 39.2 Å². The van der Waals surface area contributed by atoms with Gasteiger partial charge in [-0.3, -0.25) is 14.2 Å². The number of likely N-dealkylation sites (tertiary alicyclic amines) is 1. The van der Waals surface area contributed by atoms with Crippen molar-refractivity contribution in [3.05, 3.63) is 58.0 Å². The number of fused-ring (bicyclic) bond motifs is 1. The minimum Gasteiger partial charge on any atom is -0.338 e. The van der Waals surface area contributed by atoms with Gasteiger partial charge in [0.15, 0.2) is 5.16 Å². The normalized spacial score (nSPS) is 17.5. The number of hydrogen-bond donors (Lipinski definition) is 0. The van der Waals surface area contributed by atoms with Gasteiger partial charge in [-0.25, -0.2) is 4.98 Å². The summed E-state index contributed by atoms with van der Waals surface area (Å²) in [6.07, 6.45) is 4.49. The Hall–Kier alpha value is -2.08. The summed E-state index contributed by atoms with van der Waals surface area (Å²) in [5, 5.41) is 0.725. The van der Waals surface area contributed by atoms with E-state index in [0.29, 0.717) is 25.6 Å². The minimum absolute atomic E-state index is 0.164. The van der Waals surface area contributed by atoms with Crippen molar-refractivity contribution in [1.29, 1.82) is 0 Å². The molecule has 1 amide bonds. The molecular formula is C19H21N3O2S. The first-order valence-corrected chi connectivity index (χ1v) is 9.77. The first kappa shape index (κ1) is 16.4. The Morgan fingerprint density at radius 2 is 1.92 bits per heavy atom. The fourth-order valence-electron chi connectivity index (χ4n) is 3.62. The van der Waals surface area contributed by atoms with Gasteiger partial charge in [0.1, 0.15) is 5.56 Å². The van der Waals surface area contributed by atoms with Gasteiger partial charge >= 0.3 is 0 Å². The molecule has 4 rings (SSSR count). The third kappa shape index (κ3) is 3.35. The summed E-state index contributed by atoms with van der Waals surface area (Å²) in [5.74, 6) is 1.29. The quantitative estimate of drug-likeness (QED) is 0.794. The largest absolute Gasteiger partial charge is 0.338 e. The molecule has 130 valence electrons. The van der Waals surface area contributed by atoms with E-state index in [4.69, 9.17) is 0 Å². The molecule has 0 atom stereocenters. The highest BCUT2D eigenvalue weighted by atomic mass is 32.2. The van der Waals surface area contributed by atoms with Gasteiger partial charge in [-0.15, -0.1) is 0 Å². The number of amides is 1. The molecule has 25 heavy (non-hydrogen) atoms. The van der Waals surface area contributed by atoms with Crippen molar-refractivity contribution in [2.24, 2.45) is 5.92 Å². The van der Waals surface area contributed by atoms with Crippen molar-refractivity contribution in [3.8, 4) is 0 Å². The fourth-order valence-corrected chi connectivity index (χ4v) is 4.54. The topological polar surface area (TPSA) is 55.2 Å². The van der Waals surface area contributed by atoms with E-state index in [1.54, 1.807) is 16.3 Å². The van der Waals surface area contributed by atoms with Crippen LogP contribution in [0.25, 0.3) is 0 Å². The fraction of sp³-hybridized carbons (Fsp3) is 0.421. The maximum Gasteiger partial charge on any atom is 0.267 e. The van der Waals surface area contributed by atoms with Gasteiger partial charge in [0, 0.05) is 31.6 Å². The molecule has 1 aromatic heterocycles. The predicted octanol–water partition coefficient (Wildman–Crippen LogP) is 2.44. The third-order valence-corrected chi connectivity index (χ3v) is 6.03. The van der Waals surface area contributed by atoms with E-state index in [-0.39, 0.29) is 17.0 Å². The second-order valence-electron chi connectivity index (χ2n) is 6.68. The van der Waals surface area contributed by atoms with Crippen LogP contribution in [-0.2, 0) is 13.0 Å². The number of benzene rings is 1. The smallest absolute Gasteiger partial charge is 0.267 e. The zero-order chi connectivity index (χ0) is 17.2. The van der Waals surface area contributed by atoms with E-state index in [1.165, 1.54) is 11.8 Å². The lowest BCUT2D eigenvalue weighted by Crippen LogP contribution is -2.42. The monoisotopic (exact) mass is 355 g/mol. The highest BCUT2D eigenvalue weighted by molar-refractivity contribution is 7.99. The van der Waals surface area contributed by atoms with Gasteiger partial charge in [0.2, 0.25) is 0 Å². The Bertz CT molecular complexity index is 826. The molecule has 6 heteroatoms. The van der Waals surface area contributed by atoms with Crippen molar-refractivity contribution in [1.82, 2.24) is 14.5 Å². The molecule has 0 spiro atoms. The van der Waals surface area contributed by atoms with E-state index >= 15 is 0 Å². The highest BCUT2D eigenvalue weighted by Gasteiger charge is 2.27. The molecule has 0 aliphatic carbocycles. The second-order valence-corrected chi connectivity index (χ2v) is 7.75. The molecule has 2 aliphatic rings. The molecule has 0 bridgehead atoms. The highest BCUT2D eigenvalue weighted by Crippen LogP contribution is 2.24. The van der Waals surface area contributed by atoms with Gasteiger partial charge in [-0.05, 0) is 30.7 Å². The van der Waals surface area contributed by atoms with Crippen molar-refractivity contribution in [2.75, 3.05) is 18.8 Å². The number of aromatic nitrogens is 2. The number of thioether (sulfide) groups is 1. The van der Waals surface area contributed by atoms with E-state index < -0.39 is 0 Å². The van der Waals surface area contributed by atoms with E-state index in [0.717, 1.165) is 30.2 Å². The van der Waals surface area contributed by atoms with Crippen molar-refractivity contribution in [3.63, 3.8) is 0 Å². The van der Waals surface area contributed by atoms with Gasteiger partial charge in [-0.1, -0.05) is 42.1 Å². The molecule has 3 heterocycles. The van der Waals surface area contributed by atoms with Crippen molar-refractivity contribution >= 4 is 17.7 Å². The van der Waals surface area contributed by atoms with Crippen LogP contribution >= 0.6 is 11.8 Å². The predicted molar refractivity (Wildman–Crippen MR) is 98.0 cm³/mol. The molecule has 1 fully saturated rings.